The zero-order valence-corrected chi connectivity index (χ0v) is 16.2. The molecule has 0 aromatic heterocycles. The monoisotopic (exact) mass is 391 g/mol. The van der Waals surface area contributed by atoms with Crippen LogP contribution in [0.25, 0.3) is 0 Å². The summed E-state index contributed by atoms with van der Waals surface area (Å²) in [6, 6.07) is 6.38. The van der Waals surface area contributed by atoms with Crippen LogP contribution in [0.5, 0.6) is 5.75 Å². The molecule has 1 aliphatic heterocycles. The van der Waals surface area contributed by atoms with Gasteiger partial charge in [-0.1, -0.05) is 23.9 Å². The Kier molecular flexibility index (Phi) is 7.54. The van der Waals surface area contributed by atoms with Gasteiger partial charge in [-0.25, -0.2) is 4.79 Å². The summed E-state index contributed by atoms with van der Waals surface area (Å²) in [5.74, 6) is -1.19. The van der Waals surface area contributed by atoms with E-state index in [1.54, 1.807) is 32.0 Å². The number of aliphatic imine (C=N–C) groups is 2. The highest BCUT2D eigenvalue weighted by Crippen LogP contribution is 2.25. The highest BCUT2D eigenvalue weighted by molar-refractivity contribution is 8.14. The molecule has 27 heavy (non-hydrogen) atoms. The molecule has 0 radical (unpaired) electrons. The second-order valence-electron chi connectivity index (χ2n) is 5.44. The van der Waals surface area contributed by atoms with Gasteiger partial charge >= 0.3 is 12.0 Å². The Balaban J connectivity index is 2.04. The molecule has 1 unspecified atom stereocenters. The minimum absolute atomic E-state index is 0.0320. The third kappa shape index (κ3) is 5.65. The highest BCUT2D eigenvalue weighted by atomic mass is 32.2. The number of carbonyl (C=O) groups is 3. The molecule has 0 aliphatic carbocycles. The predicted molar refractivity (Wildman–Crippen MR) is 105 cm³/mol. The van der Waals surface area contributed by atoms with Gasteiger partial charge in [0.05, 0.1) is 29.7 Å². The zero-order chi connectivity index (χ0) is 19.8. The van der Waals surface area contributed by atoms with Crippen molar-refractivity contribution in [3.05, 3.63) is 24.3 Å². The number of amides is 3. The number of nitrogens with zero attached hydrogens (tertiary/aromatic N) is 2. The van der Waals surface area contributed by atoms with Crippen molar-refractivity contribution < 1.29 is 23.9 Å². The summed E-state index contributed by atoms with van der Waals surface area (Å²) in [7, 11) is 0. The Morgan fingerprint density at radius 1 is 1.19 bits per heavy atom. The van der Waals surface area contributed by atoms with E-state index in [1.165, 1.54) is 0 Å². The first-order valence-corrected chi connectivity index (χ1v) is 9.43. The molecule has 3 amide bonds. The third-order valence-electron chi connectivity index (χ3n) is 3.48. The van der Waals surface area contributed by atoms with Crippen molar-refractivity contribution in [2.24, 2.45) is 15.9 Å². The lowest BCUT2D eigenvalue weighted by Gasteiger charge is -2.19. The maximum atomic E-state index is 12.3. The number of esters is 1. The molecule has 1 aromatic rings. The van der Waals surface area contributed by atoms with Gasteiger partial charge in [0.2, 0.25) is 5.91 Å². The van der Waals surface area contributed by atoms with Crippen LogP contribution in [0.3, 0.4) is 0 Å². The largest absolute Gasteiger partial charge is 0.492 e. The molecule has 144 valence electrons. The molecule has 0 bridgehead atoms. The van der Waals surface area contributed by atoms with Crippen LogP contribution in [-0.4, -0.2) is 47.6 Å². The van der Waals surface area contributed by atoms with E-state index in [-0.39, 0.29) is 23.3 Å². The molecule has 0 spiro atoms. The van der Waals surface area contributed by atoms with Gasteiger partial charge in [0.15, 0.2) is 0 Å². The van der Waals surface area contributed by atoms with E-state index in [0.717, 1.165) is 11.8 Å². The van der Waals surface area contributed by atoms with Crippen molar-refractivity contribution in [2.75, 3.05) is 24.3 Å². The van der Waals surface area contributed by atoms with Crippen LogP contribution in [0.15, 0.2) is 34.3 Å². The van der Waals surface area contributed by atoms with Crippen LogP contribution in [-0.2, 0) is 14.3 Å². The van der Waals surface area contributed by atoms with Crippen molar-refractivity contribution in [1.82, 2.24) is 0 Å². The van der Waals surface area contributed by atoms with Crippen LogP contribution in [0.1, 0.15) is 20.8 Å². The molecule has 1 N–H and O–H groups in total. The summed E-state index contributed by atoms with van der Waals surface area (Å²) in [6.07, 6.45) is 0. The molecule has 9 heteroatoms. The maximum absolute atomic E-state index is 12.3. The van der Waals surface area contributed by atoms with E-state index >= 15 is 0 Å². The number of ether oxygens (including phenoxy) is 2. The van der Waals surface area contributed by atoms with E-state index in [0.29, 0.717) is 23.8 Å². The minimum Gasteiger partial charge on any atom is -0.492 e. The van der Waals surface area contributed by atoms with Gasteiger partial charge in [0.1, 0.15) is 11.7 Å². The molecular weight excluding hydrogens is 370 g/mol. The van der Waals surface area contributed by atoms with Crippen molar-refractivity contribution in [3.8, 4) is 5.75 Å². The Hall–Kier alpha value is -2.68. The molecule has 0 fully saturated rings. The Morgan fingerprint density at radius 2 is 1.93 bits per heavy atom. The fourth-order valence-corrected chi connectivity index (χ4v) is 3.29. The number of anilines is 1. The Labute approximate surface area is 161 Å². The number of para-hydroxylation sites is 2. The third-order valence-corrected chi connectivity index (χ3v) is 4.51. The molecular formula is C18H21N3O5S. The fourth-order valence-electron chi connectivity index (χ4n) is 2.37. The molecule has 1 aromatic carbocycles. The lowest BCUT2D eigenvalue weighted by Crippen LogP contribution is -2.34. The number of benzene rings is 1. The highest BCUT2D eigenvalue weighted by Gasteiger charge is 2.33. The average Bonchev–Trinajstić information content (AvgIpc) is 2.61. The van der Waals surface area contributed by atoms with E-state index in [1.807, 2.05) is 13.0 Å². The van der Waals surface area contributed by atoms with Crippen molar-refractivity contribution in [3.63, 3.8) is 0 Å². The summed E-state index contributed by atoms with van der Waals surface area (Å²) in [6.45, 7) is 5.77. The Bertz CT molecular complexity index is 791. The zero-order valence-electron chi connectivity index (χ0n) is 15.4. The minimum atomic E-state index is -0.865. The molecule has 0 saturated heterocycles. The van der Waals surface area contributed by atoms with Crippen LogP contribution in [0.2, 0.25) is 0 Å². The normalized spacial score (nSPS) is 16.3. The first-order valence-electron chi connectivity index (χ1n) is 8.45. The van der Waals surface area contributed by atoms with Gasteiger partial charge in [-0.15, -0.1) is 0 Å². The van der Waals surface area contributed by atoms with Gasteiger partial charge in [0, 0.05) is 5.71 Å². The molecule has 0 saturated carbocycles. The summed E-state index contributed by atoms with van der Waals surface area (Å²) in [5, 5.41) is 2.96. The number of carbonyl (C=O) groups excluding carboxylic acids is 3. The SMILES string of the molecule is CCOC(=O)C1C(C)=NC(=O)N=C1SCC(=O)Nc1ccccc1OCC. The van der Waals surface area contributed by atoms with E-state index in [9.17, 15) is 14.4 Å². The van der Waals surface area contributed by atoms with Crippen LogP contribution >= 0.6 is 11.8 Å². The summed E-state index contributed by atoms with van der Waals surface area (Å²) < 4.78 is 10.5. The maximum Gasteiger partial charge on any atom is 0.367 e. The van der Waals surface area contributed by atoms with Crippen LogP contribution in [0, 0.1) is 5.92 Å². The molecule has 2 rings (SSSR count). The topological polar surface area (TPSA) is 106 Å². The summed E-state index contributed by atoms with van der Waals surface area (Å²) in [4.78, 5) is 43.6. The molecule has 8 nitrogen and oxygen atoms in total. The second-order valence-corrected chi connectivity index (χ2v) is 6.43. The van der Waals surface area contributed by atoms with Crippen molar-refractivity contribution in [1.29, 1.82) is 0 Å². The first-order chi connectivity index (χ1) is 13.0. The van der Waals surface area contributed by atoms with Gasteiger partial charge in [-0.2, -0.15) is 9.98 Å². The number of nitrogens with one attached hydrogen (secondary N) is 1. The van der Waals surface area contributed by atoms with E-state index < -0.39 is 17.9 Å². The van der Waals surface area contributed by atoms with Gasteiger partial charge in [-0.3, -0.25) is 9.59 Å². The lowest BCUT2D eigenvalue weighted by molar-refractivity contribution is -0.143. The number of hydrogen-bond acceptors (Lipinski definition) is 6. The van der Waals surface area contributed by atoms with Gasteiger partial charge < -0.3 is 14.8 Å². The number of rotatable bonds is 7. The van der Waals surface area contributed by atoms with Crippen molar-refractivity contribution >= 4 is 46.1 Å². The van der Waals surface area contributed by atoms with Crippen LogP contribution < -0.4 is 10.1 Å². The quantitative estimate of drug-likeness (QED) is 0.716. The average molecular weight is 391 g/mol. The second kappa shape index (κ2) is 9.86. The molecule has 1 aliphatic rings. The molecule has 1 heterocycles. The summed E-state index contributed by atoms with van der Waals surface area (Å²) in [5.41, 5.74) is 0.851. The number of thioether (sulfide) groups is 1. The fraction of sp³-hybridized carbons (Fsp3) is 0.389. The Morgan fingerprint density at radius 3 is 2.63 bits per heavy atom. The van der Waals surface area contributed by atoms with Gasteiger partial charge in [-0.05, 0) is 32.9 Å². The first kappa shape index (κ1) is 20.6. The lowest BCUT2D eigenvalue weighted by atomic mass is 10.1. The van der Waals surface area contributed by atoms with E-state index in [2.05, 4.69) is 15.3 Å². The predicted octanol–water partition coefficient (Wildman–Crippen LogP) is 2.93. The smallest absolute Gasteiger partial charge is 0.367 e. The van der Waals surface area contributed by atoms with Crippen LogP contribution in [0.4, 0.5) is 10.5 Å². The van der Waals surface area contributed by atoms with E-state index in [4.69, 9.17) is 9.47 Å². The van der Waals surface area contributed by atoms with Crippen molar-refractivity contribution in [2.45, 2.75) is 20.8 Å². The van der Waals surface area contributed by atoms with Gasteiger partial charge in [0.25, 0.3) is 0 Å². The number of hydrogen-bond donors (Lipinski definition) is 1. The standard InChI is InChI=1S/C18H21N3O5S/c1-4-25-13-9-7-6-8-12(13)20-14(22)10-27-16-15(17(23)26-5-2)11(3)19-18(24)21-16/h6-9,15H,4-5,10H2,1-3H3,(H,20,22). The molecule has 1 atom stereocenters. The summed E-state index contributed by atoms with van der Waals surface area (Å²) >= 11 is 1.01. The number of urea groups is 1.